The first-order valence-electron chi connectivity index (χ1n) is 6.68. The van der Waals surface area contributed by atoms with Crippen molar-refractivity contribution in [1.82, 2.24) is 0 Å². The third kappa shape index (κ3) is 2.20. The van der Waals surface area contributed by atoms with E-state index in [4.69, 9.17) is 10.9 Å². The van der Waals surface area contributed by atoms with Crippen LogP contribution < -0.4 is 10.6 Å². The fraction of sp³-hybridized carbons (Fsp3) is 0.188. The molecule has 1 aliphatic heterocycles. The van der Waals surface area contributed by atoms with Crippen LogP contribution in [0.1, 0.15) is 16.7 Å². The molecule has 0 bridgehead atoms. The van der Waals surface area contributed by atoms with Gasteiger partial charge in [-0.2, -0.15) is 0 Å². The zero-order valence-corrected chi connectivity index (χ0v) is 11.2. The lowest BCUT2D eigenvalue weighted by Crippen LogP contribution is -2.32. The molecule has 0 aliphatic carbocycles. The lowest BCUT2D eigenvalue weighted by molar-refractivity contribution is 0.318. The van der Waals surface area contributed by atoms with E-state index in [0.29, 0.717) is 0 Å². The maximum Gasteiger partial charge on any atom is 0.172 e. The number of nitrogens with two attached hydrogens (primary N) is 1. The number of benzene rings is 2. The number of nitrogens with zero attached hydrogens (tertiary/aromatic N) is 2. The maximum atomic E-state index is 8.91. The van der Waals surface area contributed by atoms with Gasteiger partial charge in [0.25, 0.3) is 0 Å². The molecular weight excluding hydrogens is 250 g/mol. The number of anilines is 1. The molecule has 20 heavy (non-hydrogen) atoms. The first-order chi connectivity index (χ1) is 9.79. The predicted octanol–water partition coefficient (Wildman–Crippen LogP) is 2.34. The third-order valence-corrected chi connectivity index (χ3v) is 3.76. The molecule has 0 spiro atoms. The Morgan fingerprint density at radius 1 is 1.05 bits per heavy atom. The van der Waals surface area contributed by atoms with E-state index in [1.165, 1.54) is 11.1 Å². The summed E-state index contributed by atoms with van der Waals surface area (Å²) in [6.45, 7) is 1.79. The van der Waals surface area contributed by atoms with Gasteiger partial charge < -0.3 is 15.8 Å². The molecule has 0 aromatic heterocycles. The second kappa shape index (κ2) is 5.25. The van der Waals surface area contributed by atoms with Crippen molar-refractivity contribution in [3.63, 3.8) is 0 Å². The quantitative estimate of drug-likeness (QED) is 0.380. The van der Waals surface area contributed by atoms with Gasteiger partial charge in [0, 0.05) is 24.3 Å². The van der Waals surface area contributed by atoms with Gasteiger partial charge in [0.05, 0.1) is 0 Å². The molecule has 2 aromatic rings. The van der Waals surface area contributed by atoms with E-state index in [1.54, 1.807) is 0 Å². The fourth-order valence-electron chi connectivity index (χ4n) is 2.72. The predicted molar refractivity (Wildman–Crippen MR) is 80.1 cm³/mol. The number of hydrogen-bond acceptors (Lipinski definition) is 3. The van der Waals surface area contributed by atoms with Crippen molar-refractivity contribution in [2.75, 3.05) is 11.4 Å². The number of hydrogen-bond donors (Lipinski definition) is 2. The van der Waals surface area contributed by atoms with Crippen LogP contribution >= 0.6 is 0 Å². The van der Waals surface area contributed by atoms with Crippen molar-refractivity contribution in [3.05, 3.63) is 65.2 Å². The Kier molecular flexibility index (Phi) is 3.29. The molecule has 3 rings (SSSR count). The van der Waals surface area contributed by atoms with Gasteiger partial charge >= 0.3 is 0 Å². The smallest absolute Gasteiger partial charge is 0.172 e. The van der Waals surface area contributed by atoms with Crippen LogP contribution in [0.3, 0.4) is 0 Å². The highest BCUT2D eigenvalue weighted by Gasteiger charge is 2.19. The first kappa shape index (κ1) is 12.5. The molecule has 1 aliphatic rings. The van der Waals surface area contributed by atoms with Crippen LogP contribution in [-0.2, 0) is 13.0 Å². The van der Waals surface area contributed by atoms with Gasteiger partial charge in [0.1, 0.15) is 0 Å². The van der Waals surface area contributed by atoms with Crippen LogP contribution in [0, 0.1) is 0 Å². The highest BCUT2D eigenvalue weighted by molar-refractivity contribution is 6.02. The SMILES string of the molecule is N/C(=N/O)c1ccccc1N1CCc2ccccc2C1. The van der Waals surface area contributed by atoms with Crippen molar-refractivity contribution < 1.29 is 5.21 Å². The summed E-state index contributed by atoms with van der Waals surface area (Å²) in [6.07, 6.45) is 1.01. The average molecular weight is 267 g/mol. The highest BCUT2D eigenvalue weighted by atomic mass is 16.4. The molecule has 3 N–H and O–H groups in total. The highest BCUT2D eigenvalue weighted by Crippen LogP contribution is 2.27. The van der Waals surface area contributed by atoms with Gasteiger partial charge in [0.2, 0.25) is 0 Å². The zero-order valence-electron chi connectivity index (χ0n) is 11.2. The maximum absolute atomic E-state index is 8.91. The van der Waals surface area contributed by atoms with Crippen LogP contribution in [-0.4, -0.2) is 17.6 Å². The Labute approximate surface area is 118 Å². The molecule has 0 saturated carbocycles. The standard InChI is InChI=1S/C16H17N3O/c17-16(18-20)14-7-3-4-8-15(14)19-10-9-12-5-1-2-6-13(12)11-19/h1-8,20H,9-11H2,(H2,17,18). The number of oxime groups is 1. The van der Waals surface area contributed by atoms with Gasteiger partial charge in [0.15, 0.2) is 5.84 Å². The minimum absolute atomic E-state index is 0.152. The summed E-state index contributed by atoms with van der Waals surface area (Å²) in [5, 5.41) is 12.0. The molecule has 0 saturated heterocycles. The second-order valence-electron chi connectivity index (χ2n) is 4.94. The largest absolute Gasteiger partial charge is 0.409 e. The number of amidine groups is 1. The summed E-state index contributed by atoms with van der Waals surface area (Å²) in [4.78, 5) is 2.27. The molecular formula is C16H17N3O. The Morgan fingerprint density at radius 3 is 2.55 bits per heavy atom. The Hall–Kier alpha value is -2.49. The van der Waals surface area contributed by atoms with Crippen LogP contribution in [0.2, 0.25) is 0 Å². The van der Waals surface area contributed by atoms with Crippen molar-refractivity contribution >= 4 is 11.5 Å². The van der Waals surface area contributed by atoms with E-state index in [-0.39, 0.29) is 5.84 Å². The van der Waals surface area contributed by atoms with E-state index >= 15 is 0 Å². The fourth-order valence-corrected chi connectivity index (χ4v) is 2.72. The molecule has 4 heteroatoms. The average Bonchev–Trinajstić information content (AvgIpc) is 2.53. The molecule has 0 amide bonds. The van der Waals surface area contributed by atoms with Gasteiger partial charge in [-0.3, -0.25) is 0 Å². The van der Waals surface area contributed by atoms with E-state index in [2.05, 4.69) is 34.3 Å². The van der Waals surface area contributed by atoms with Crippen molar-refractivity contribution in [2.45, 2.75) is 13.0 Å². The minimum atomic E-state index is 0.152. The topological polar surface area (TPSA) is 61.9 Å². The first-order valence-corrected chi connectivity index (χ1v) is 6.68. The normalized spacial score (nSPS) is 15.0. The summed E-state index contributed by atoms with van der Waals surface area (Å²) in [5.74, 6) is 0.152. The van der Waals surface area contributed by atoms with E-state index in [9.17, 15) is 0 Å². The summed E-state index contributed by atoms with van der Waals surface area (Å²) in [5.41, 5.74) is 10.3. The van der Waals surface area contributed by atoms with Crippen molar-refractivity contribution in [3.8, 4) is 0 Å². The molecule has 0 fully saturated rings. The number of para-hydroxylation sites is 1. The van der Waals surface area contributed by atoms with E-state index in [0.717, 1.165) is 30.8 Å². The van der Waals surface area contributed by atoms with Crippen LogP contribution in [0.25, 0.3) is 0 Å². The molecule has 102 valence electrons. The lowest BCUT2D eigenvalue weighted by atomic mass is 9.98. The Morgan fingerprint density at radius 2 is 1.75 bits per heavy atom. The summed E-state index contributed by atoms with van der Waals surface area (Å²) < 4.78 is 0. The Balaban J connectivity index is 1.96. The van der Waals surface area contributed by atoms with Gasteiger partial charge in [-0.25, -0.2) is 0 Å². The van der Waals surface area contributed by atoms with Crippen LogP contribution in [0.5, 0.6) is 0 Å². The number of rotatable bonds is 2. The van der Waals surface area contributed by atoms with Crippen LogP contribution in [0.15, 0.2) is 53.7 Å². The van der Waals surface area contributed by atoms with E-state index < -0.39 is 0 Å². The molecule has 0 unspecified atom stereocenters. The summed E-state index contributed by atoms with van der Waals surface area (Å²) in [6, 6.07) is 16.3. The van der Waals surface area contributed by atoms with Gasteiger partial charge in [-0.1, -0.05) is 41.6 Å². The molecule has 0 radical (unpaired) electrons. The van der Waals surface area contributed by atoms with Gasteiger partial charge in [-0.05, 0) is 29.7 Å². The minimum Gasteiger partial charge on any atom is -0.409 e. The van der Waals surface area contributed by atoms with Crippen molar-refractivity contribution in [2.24, 2.45) is 10.9 Å². The monoisotopic (exact) mass is 267 g/mol. The summed E-state index contributed by atoms with van der Waals surface area (Å²) in [7, 11) is 0. The molecule has 2 aromatic carbocycles. The van der Waals surface area contributed by atoms with Gasteiger partial charge in [-0.15, -0.1) is 0 Å². The van der Waals surface area contributed by atoms with Crippen LogP contribution in [0.4, 0.5) is 5.69 Å². The lowest BCUT2D eigenvalue weighted by Gasteiger charge is -2.32. The molecule has 0 atom stereocenters. The second-order valence-corrected chi connectivity index (χ2v) is 4.94. The third-order valence-electron chi connectivity index (χ3n) is 3.76. The molecule has 4 nitrogen and oxygen atoms in total. The Bertz CT molecular complexity index is 652. The zero-order chi connectivity index (χ0) is 13.9. The molecule has 1 heterocycles. The van der Waals surface area contributed by atoms with Crippen molar-refractivity contribution in [1.29, 1.82) is 0 Å². The summed E-state index contributed by atoms with van der Waals surface area (Å²) >= 11 is 0. The van der Waals surface area contributed by atoms with E-state index in [1.807, 2.05) is 24.3 Å². The number of fused-ring (bicyclic) bond motifs is 1.